The average Bonchev–Trinajstić information content (AvgIpc) is 3.20. The van der Waals surface area contributed by atoms with Gasteiger partial charge < -0.3 is 14.8 Å². The van der Waals surface area contributed by atoms with Crippen molar-refractivity contribution in [3.8, 4) is 11.5 Å². The maximum atomic E-state index is 13.4. The molecule has 0 aromatic heterocycles. The smallest absolute Gasteiger partial charge is 0.259 e. The number of nitrogens with zero attached hydrogens (tertiary/aromatic N) is 1. The highest BCUT2D eigenvalue weighted by Gasteiger charge is 2.39. The Kier molecular flexibility index (Phi) is 5.82. The first-order valence-corrected chi connectivity index (χ1v) is 10.1. The number of methoxy groups -OCH3 is 2. The standard InChI is InChI=1S/C24H21ClN2O4/c1-30-17-13-18(25)22(21(14-17)31-2)26-23(28)20-12-16-10-6-7-11-19(16)27(20)24(29)15-8-4-3-5-9-15/h3-11,13-14,20H,12H2,1-2H3,(H,26,28). The van der Waals surface area contributed by atoms with Gasteiger partial charge in [-0.25, -0.2) is 0 Å². The number of carbonyl (C=O) groups excluding carboxylic acids is 2. The Hall–Kier alpha value is -3.51. The SMILES string of the molecule is COc1cc(Cl)c(NC(=O)C2Cc3ccccc3N2C(=O)c2ccccc2)c(OC)c1. The highest BCUT2D eigenvalue weighted by molar-refractivity contribution is 6.34. The van der Waals surface area contributed by atoms with Crippen LogP contribution in [0.5, 0.6) is 11.5 Å². The van der Waals surface area contributed by atoms with E-state index in [1.54, 1.807) is 41.3 Å². The number of anilines is 2. The first kappa shape index (κ1) is 20.8. The zero-order valence-corrected chi connectivity index (χ0v) is 17.8. The number of halogens is 1. The molecular weight excluding hydrogens is 416 g/mol. The van der Waals surface area contributed by atoms with Crippen LogP contribution in [0, 0.1) is 0 Å². The maximum absolute atomic E-state index is 13.4. The Morgan fingerprint density at radius 1 is 1.00 bits per heavy atom. The van der Waals surface area contributed by atoms with Gasteiger partial charge in [0.05, 0.1) is 19.2 Å². The third-order valence-electron chi connectivity index (χ3n) is 5.25. The lowest BCUT2D eigenvalue weighted by Crippen LogP contribution is -2.45. The molecule has 0 saturated heterocycles. The molecule has 0 spiro atoms. The van der Waals surface area contributed by atoms with Crippen molar-refractivity contribution in [2.45, 2.75) is 12.5 Å². The molecule has 0 radical (unpaired) electrons. The molecule has 1 unspecified atom stereocenters. The van der Waals surface area contributed by atoms with Crippen LogP contribution >= 0.6 is 11.6 Å². The Labute approximate surface area is 185 Å². The van der Waals surface area contributed by atoms with Crippen LogP contribution in [0.25, 0.3) is 0 Å². The number of benzene rings is 3. The molecular formula is C24H21ClN2O4. The van der Waals surface area contributed by atoms with E-state index in [0.29, 0.717) is 29.2 Å². The third kappa shape index (κ3) is 3.94. The lowest BCUT2D eigenvalue weighted by atomic mass is 10.1. The van der Waals surface area contributed by atoms with Gasteiger partial charge in [0, 0.05) is 29.8 Å². The van der Waals surface area contributed by atoms with Gasteiger partial charge in [0.2, 0.25) is 5.91 Å². The molecule has 1 heterocycles. The zero-order valence-electron chi connectivity index (χ0n) is 17.1. The Morgan fingerprint density at radius 3 is 2.42 bits per heavy atom. The highest BCUT2D eigenvalue weighted by Crippen LogP contribution is 2.38. The molecule has 1 aliphatic heterocycles. The second kappa shape index (κ2) is 8.70. The van der Waals surface area contributed by atoms with Crippen LogP contribution in [0.4, 0.5) is 11.4 Å². The molecule has 158 valence electrons. The van der Waals surface area contributed by atoms with Crippen LogP contribution in [-0.2, 0) is 11.2 Å². The van der Waals surface area contributed by atoms with Crippen LogP contribution in [0.1, 0.15) is 15.9 Å². The summed E-state index contributed by atoms with van der Waals surface area (Å²) in [6.45, 7) is 0. The summed E-state index contributed by atoms with van der Waals surface area (Å²) in [4.78, 5) is 28.2. The van der Waals surface area contributed by atoms with E-state index in [1.165, 1.54) is 14.2 Å². The minimum absolute atomic E-state index is 0.238. The van der Waals surface area contributed by atoms with Crippen LogP contribution in [-0.4, -0.2) is 32.1 Å². The molecule has 1 N–H and O–H groups in total. The number of rotatable bonds is 5. The van der Waals surface area contributed by atoms with E-state index < -0.39 is 6.04 Å². The lowest BCUT2D eigenvalue weighted by Gasteiger charge is -2.25. The molecule has 6 nitrogen and oxygen atoms in total. The molecule has 1 aliphatic rings. The third-order valence-corrected chi connectivity index (χ3v) is 5.55. The summed E-state index contributed by atoms with van der Waals surface area (Å²) >= 11 is 6.37. The van der Waals surface area contributed by atoms with Crippen molar-refractivity contribution in [3.05, 3.63) is 82.9 Å². The quantitative estimate of drug-likeness (QED) is 0.636. The Bertz CT molecular complexity index is 1130. The van der Waals surface area contributed by atoms with E-state index in [2.05, 4.69) is 5.32 Å². The number of carbonyl (C=O) groups is 2. The summed E-state index contributed by atoms with van der Waals surface area (Å²) in [6, 6.07) is 18.9. The van der Waals surface area contributed by atoms with Gasteiger partial charge in [0.1, 0.15) is 23.2 Å². The van der Waals surface area contributed by atoms with Crippen molar-refractivity contribution in [1.29, 1.82) is 0 Å². The number of fused-ring (bicyclic) bond motifs is 1. The van der Waals surface area contributed by atoms with E-state index in [-0.39, 0.29) is 16.8 Å². The van der Waals surface area contributed by atoms with E-state index in [4.69, 9.17) is 21.1 Å². The fourth-order valence-corrected chi connectivity index (χ4v) is 3.98. The number of hydrogen-bond donors (Lipinski definition) is 1. The van der Waals surface area contributed by atoms with Crippen molar-refractivity contribution in [3.63, 3.8) is 0 Å². The monoisotopic (exact) mass is 436 g/mol. The van der Waals surface area contributed by atoms with Gasteiger partial charge in [-0.2, -0.15) is 0 Å². The normalized spacial score (nSPS) is 14.7. The van der Waals surface area contributed by atoms with E-state index in [9.17, 15) is 9.59 Å². The van der Waals surface area contributed by atoms with Crippen molar-refractivity contribution in [2.24, 2.45) is 0 Å². The Balaban J connectivity index is 1.68. The van der Waals surface area contributed by atoms with E-state index in [1.807, 2.05) is 30.3 Å². The number of para-hydroxylation sites is 1. The zero-order chi connectivity index (χ0) is 22.0. The van der Waals surface area contributed by atoms with Gasteiger partial charge in [0.25, 0.3) is 5.91 Å². The summed E-state index contributed by atoms with van der Waals surface area (Å²) < 4.78 is 10.6. The van der Waals surface area contributed by atoms with Crippen LogP contribution < -0.4 is 19.7 Å². The van der Waals surface area contributed by atoms with Gasteiger partial charge in [-0.05, 0) is 23.8 Å². The molecule has 1 atom stereocenters. The largest absolute Gasteiger partial charge is 0.497 e. The minimum Gasteiger partial charge on any atom is -0.497 e. The molecule has 3 aromatic rings. The van der Waals surface area contributed by atoms with Gasteiger partial charge >= 0.3 is 0 Å². The molecule has 7 heteroatoms. The summed E-state index contributed by atoms with van der Waals surface area (Å²) in [5, 5.41) is 3.13. The van der Waals surface area contributed by atoms with Gasteiger partial charge in [-0.3, -0.25) is 14.5 Å². The summed E-state index contributed by atoms with van der Waals surface area (Å²) in [5.74, 6) is 0.285. The highest BCUT2D eigenvalue weighted by atomic mass is 35.5. The van der Waals surface area contributed by atoms with Crippen molar-refractivity contribution < 1.29 is 19.1 Å². The molecule has 2 amide bonds. The van der Waals surface area contributed by atoms with Gasteiger partial charge in [0.15, 0.2) is 0 Å². The number of hydrogen-bond acceptors (Lipinski definition) is 4. The molecule has 31 heavy (non-hydrogen) atoms. The second-order valence-corrected chi connectivity index (χ2v) is 7.47. The van der Waals surface area contributed by atoms with Crippen molar-refractivity contribution in [1.82, 2.24) is 0 Å². The summed E-state index contributed by atoms with van der Waals surface area (Å²) in [5.41, 5.74) is 2.50. The number of amides is 2. The van der Waals surface area contributed by atoms with Crippen molar-refractivity contribution in [2.75, 3.05) is 24.4 Å². The minimum atomic E-state index is -0.729. The number of ether oxygens (including phenoxy) is 2. The fraction of sp³-hybridized carbons (Fsp3) is 0.167. The van der Waals surface area contributed by atoms with Gasteiger partial charge in [-0.15, -0.1) is 0 Å². The molecule has 0 bridgehead atoms. The first-order valence-electron chi connectivity index (χ1n) is 9.72. The average molecular weight is 437 g/mol. The van der Waals surface area contributed by atoms with Gasteiger partial charge in [-0.1, -0.05) is 48.0 Å². The van der Waals surface area contributed by atoms with E-state index in [0.717, 1.165) is 11.3 Å². The summed E-state index contributed by atoms with van der Waals surface area (Å²) in [6.07, 6.45) is 0.399. The molecule has 0 saturated carbocycles. The summed E-state index contributed by atoms with van der Waals surface area (Å²) in [7, 11) is 3.00. The van der Waals surface area contributed by atoms with Crippen LogP contribution in [0.3, 0.4) is 0 Å². The predicted molar refractivity (Wildman–Crippen MR) is 120 cm³/mol. The predicted octanol–water partition coefficient (Wildman–Crippen LogP) is 4.57. The second-order valence-electron chi connectivity index (χ2n) is 7.07. The fourth-order valence-electron chi connectivity index (χ4n) is 3.73. The molecule has 0 fully saturated rings. The van der Waals surface area contributed by atoms with Crippen LogP contribution in [0.15, 0.2) is 66.7 Å². The topological polar surface area (TPSA) is 67.9 Å². The maximum Gasteiger partial charge on any atom is 0.259 e. The Morgan fingerprint density at radius 2 is 1.71 bits per heavy atom. The molecule has 4 rings (SSSR count). The van der Waals surface area contributed by atoms with E-state index >= 15 is 0 Å². The van der Waals surface area contributed by atoms with Crippen LogP contribution in [0.2, 0.25) is 5.02 Å². The number of nitrogens with one attached hydrogen (secondary N) is 1. The molecule has 0 aliphatic carbocycles. The first-order chi connectivity index (χ1) is 15.0. The van der Waals surface area contributed by atoms with Crippen molar-refractivity contribution >= 4 is 34.8 Å². The lowest BCUT2D eigenvalue weighted by molar-refractivity contribution is -0.117. The molecule has 3 aromatic carbocycles.